The van der Waals surface area contributed by atoms with Crippen LogP contribution in [0.3, 0.4) is 0 Å². The van der Waals surface area contributed by atoms with Gasteiger partial charge >= 0.3 is 0 Å². The summed E-state index contributed by atoms with van der Waals surface area (Å²) in [5.74, 6) is 0.0740. The molecule has 1 aliphatic heterocycles. The Labute approximate surface area is 88.6 Å². The van der Waals surface area contributed by atoms with Gasteiger partial charge in [-0.1, -0.05) is 0 Å². The number of aromatic nitrogens is 2. The van der Waals surface area contributed by atoms with Crippen molar-refractivity contribution in [2.24, 2.45) is 12.8 Å². The summed E-state index contributed by atoms with van der Waals surface area (Å²) < 4.78 is 1.79. The van der Waals surface area contributed by atoms with E-state index in [2.05, 4.69) is 10.4 Å². The van der Waals surface area contributed by atoms with E-state index >= 15 is 0 Å². The average molecular weight is 208 g/mol. The van der Waals surface area contributed by atoms with Crippen molar-refractivity contribution < 1.29 is 4.79 Å². The molecule has 0 aliphatic carbocycles. The van der Waals surface area contributed by atoms with Crippen molar-refractivity contribution in [3.05, 3.63) is 17.5 Å². The molecule has 1 amide bonds. The highest BCUT2D eigenvalue weighted by Crippen LogP contribution is 2.24. The van der Waals surface area contributed by atoms with Crippen molar-refractivity contribution >= 4 is 5.91 Å². The standard InChI is InChI=1S/C10H16N4O/c1-6-7(5-12-14(6)2)10-8(11)3-4-9(15)13-10/h5,8,10H,3-4,11H2,1-2H3,(H,13,15). The van der Waals surface area contributed by atoms with Gasteiger partial charge in [0.15, 0.2) is 0 Å². The Balaban J connectivity index is 2.28. The zero-order valence-electron chi connectivity index (χ0n) is 9.03. The largest absolute Gasteiger partial charge is 0.348 e. The molecule has 2 rings (SSSR count). The molecule has 1 aromatic heterocycles. The van der Waals surface area contributed by atoms with Crippen molar-refractivity contribution in [1.82, 2.24) is 15.1 Å². The van der Waals surface area contributed by atoms with Gasteiger partial charge in [-0.2, -0.15) is 5.10 Å². The topological polar surface area (TPSA) is 72.9 Å². The molecule has 0 radical (unpaired) electrons. The van der Waals surface area contributed by atoms with E-state index in [0.717, 1.165) is 17.7 Å². The Morgan fingerprint density at radius 1 is 1.67 bits per heavy atom. The van der Waals surface area contributed by atoms with Gasteiger partial charge in [-0.3, -0.25) is 9.48 Å². The lowest BCUT2D eigenvalue weighted by atomic mass is 9.93. The molecule has 3 N–H and O–H groups in total. The molecule has 0 saturated carbocycles. The highest BCUT2D eigenvalue weighted by molar-refractivity contribution is 5.77. The molecular weight excluding hydrogens is 192 g/mol. The molecule has 0 bridgehead atoms. The minimum absolute atomic E-state index is 0.00870. The molecule has 2 heterocycles. The van der Waals surface area contributed by atoms with Crippen LogP contribution in [-0.4, -0.2) is 21.7 Å². The summed E-state index contributed by atoms with van der Waals surface area (Å²) in [6.45, 7) is 1.98. The predicted octanol–water partition coefficient (Wildman–Crippen LogP) is 0.00692. The fraction of sp³-hybridized carbons (Fsp3) is 0.600. The van der Waals surface area contributed by atoms with Crippen molar-refractivity contribution in [3.8, 4) is 0 Å². The van der Waals surface area contributed by atoms with Crippen molar-refractivity contribution in [3.63, 3.8) is 0 Å². The summed E-state index contributed by atoms with van der Waals surface area (Å²) in [7, 11) is 1.88. The molecule has 15 heavy (non-hydrogen) atoms. The summed E-state index contributed by atoms with van der Waals surface area (Å²) in [5.41, 5.74) is 8.08. The molecule has 0 spiro atoms. The van der Waals surface area contributed by atoms with Crippen molar-refractivity contribution in [1.29, 1.82) is 0 Å². The van der Waals surface area contributed by atoms with Crippen LogP contribution in [0, 0.1) is 6.92 Å². The number of amides is 1. The number of nitrogens with one attached hydrogen (secondary N) is 1. The zero-order valence-corrected chi connectivity index (χ0v) is 9.03. The Morgan fingerprint density at radius 2 is 2.40 bits per heavy atom. The molecule has 1 aromatic rings. The lowest BCUT2D eigenvalue weighted by Crippen LogP contribution is -2.45. The van der Waals surface area contributed by atoms with Crippen LogP contribution in [0.15, 0.2) is 6.20 Å². The van der Waals surface area contributed by atoms with Crippen LogP contribution in [0.1, 0.15) is 30.1 Å². The quantitative estimate of drug-likeness (QED) is 0.682. The van der Waals surface area contributed by atoms with Gasteiger partial charge in [0.2, 0.25) is 5.91 Å². The molecule has 5 nitrogen and oxygen atoms in total. The summed E-state index contributed by atoms with van der Waals surface area (Å²) in [6.07, 6.45) is 3.05. The number of aryl methyl sites for hydroxylation is 1. The molecule has 0 aromatic carbocycles. The molecule has 5 heteroatoms. The summed E-state index contributed by atoms with van der Waals surface area (Å²) in [5, 5.41) is 7.08. The highest BCUT2D eigenvalue weighted by Gasteiger charge is 2.29. The molecular formula is C10H16N4O. The molecule has 1 aliphatic rings. The monoisotopic (exact) mass is 208 g/mol. The van der Waals surface area contributed by atoms with Gasteiger partial charge in [-0.25, -0.2) is 0 Å². The summed E-state index contributed by atoms with van der Waals surface area (Å²) in [4.78, 5) is 11.3. The Kier molecular flexibility index (Phi) is 2.48. The van der Waals surface area contributed by atoms with Crippen LogP contribution in [0.4, 0.5) is 0 Å². The molecule has 1 fully saturated rings. The Hall–Kier alpha value is -1.36. The maximum atomic E-state index is 11.3. The Bertz CT molecular complexity index is 385. The normalized spacial score (nSPS) is 26.5. The maximum Gasteiger partial charge on any atom is 0.220 e. The van der Waals surface area contributed by atoms with E-state index in [4.69, 9.17) is 5.73 Å². The third-order valence-corrected chi connectivity index (χ3v) is 3.06. The average Bonchev–Trinajstić information content (AvgIpc) is 2.52. The maximum absolute atomic E-state index is 11.3. The highest BCUT2D eigenvalue weighted by atomic mass is 16.1. The second kappa shape index (κ2) is 3.66. The molecule has 1 saturated heterocycles. The summed E-state index contributed by atoms with van der Waals surface area (Å²) in [6, 6.07) is -0.0921. The lowest BCUT2D eigenvalue weighted by molar-refractivity contribution is -0.123. The Morgan fingerprint density at radius 3 is 3.00 bits per heavy atom. The third-order valence-electron chi connectivity index (χ3n) is 3.06. The summed E-state index contributed by atoms with van der Waals surface area (Å²) >= 11 is 0. The van der Waals surface area contributed by atoms with Crippen LogP contribution in [-0.2, 0) is 11.8 Å². The van der Waals surface area contributed by atoms with Gasteiger partial charge in [-0.05, 0) is 13.3 Å². The number of carbonyl (C=O) groups is 1. The third kappa shape index (κ3) is 1.74. The van der Waals surface area contributed by atoms with Gasteiger partial charge in [0, 0.05) is 30.8 Å². The first-order valence-corrected chi connectivity index (χ1v) is 5.13. The number of rotatable bonds is 1. The number of carbonyl (C=O) groups excluding carboxylic acids is 1. The van der Waals surface area contributed by atoms with Crippen LogP contribution in [0.5, 0.6) is 0 Å². The SMILES string of the molecule is Cc1c(C2NC(=O)CCC2N)cnn1C. The van der Waals surface area contributed by atoms with Crippen molar-refractivity contribution in [2.75, 3.05) is 0 Å². The predicted molar refractivity (Wildman–Crippen MR) is 56.0 cm³/mol. The van der Waals surface area contributed by atoms with Gasteiger partial charge in [-0.15, -0.1) is 0 Å². The number of hydrogen-bond acceptors (Lipinski definition) is 3. The molecule has 82 valence electrons. The van der Waals surface area contributed by atoms with E-state index in [0.29, 0.717) is 6.42 Å². The first-order valence-electron chi connectivity index (χ1n) is 5.13. The van der Waals surface area contributed by atoms with Crippen LogP contribution in [0.25, 0.3) is 0 Å². The van der Waals surface area contributed by atoms with E-state index in [1.54, 1.807) is 10.9 Å². The van der Waals surface area contributed by atoms with E-state index < -0.39 is 0 Å². The second-order valence-corrected chi connectivity index (χ2v) is 4.06. The van der Waals surface area contributed by atoms with E-state index in [1.165, 1.54) is 0 Å². The number of hydrogen-bond donors (Lipinski definition) is 2. The fourth-order valence-electron chi connectivity index (χ4n) is 1.95. The smallest absolute Gasteiger partial charge is 0.220 e. The number of piperidine rings is 1. The van der Waals surface area contributed by atoms with Crippen LogP contribution in [0.2, 0.25) is 0 Å². The van der Waals surface area contributed by atoms with Gasteiger partial charge in [0.25, 0.3) is 0 Å². The van der Waals surface area contributed by atoms with E-state index in [-0.39, 0.29) is 18.0 Å². The van der Waals surface area contributed by atoms with E-state index in [9.17, 15) is 4.79 Å². The first kappa shape index (κ1) is 10.2. The van der Waals surface area contributed by atoms with Gasteiger partial charge < -0.3 is 11.1 Å². The molecule has 2 unspecified atom stereocenters. The molecule has 2 atom stereocenters. The minimum Gasteiger partial charge on any atom is -0.348 e. The minimum atomic E-state index is -0.0834. The number of nitrogens with two attached hydrogens (primary N) is 1. The first-order chi connectivity index (χ1) is 7.09. The van der Waals surface area contributed by atoms with Crippen molar-refractivity contribution in [2.45, 2.75) is 31.8 Å². The van der Waals surface area contributed by atoms with Crippen LogP contribution < -0.4 is 11.1 Å². The number of nitrogens with zero attached hydrogens (tertiary/aromatic N) is 2. The van der Waals surface area contributed by atoms with Gasteiger partial charge in [0.05, 0.1) is 12.2 Å². The second-order valence-electron chi connectivity index (χ2n) is 4.06. The fourth-order valence-corrected chi connectivity index (χ4v) is 1.95. The van der Waals surface area contributed by atoms with Crippen LogP contribution >= 0.6 is 0 Å². The van der Waals surface area contributed by atoms with Gasteiger partial charge in [0.1, 0.15) is 0 Å². The lowest BCUT2D eigenvalue weighted by Gasteiger charge is -2.29. The zero-order chi connectivity index (χ0) is 11.0. The van der Waals surface area contributed by atoms with E-state index in [1.807, 2.05) is 14.0 Å².